The zero-order valence-electron chi connectivity index (χ0n) is 12.4. The first-order valence-electron chi connectivity index (χ1n) is 6.87. The Morgan fingerprint density at radius 1 is 1.10 bits per heavy atom. The highest BCUT2D eigenvalue weighted by Crippen LogP contribution is 2.23. The highest BCUT2D eigenvalue weighted by molar-refractivity contribution is 5.74. The van der Waals surface area contributed by atoms with Crippen molar-refractivity contribution in [2.24, 2.45) is 0 Å². The number of hydrogen-bond donors (Lipinski definition) is 0. The van der Waals surface area contributed by atoms with Crippen LogP contribution in [-0.2, 0) is 14.3 Å². The van der Waals surface area contributed by atoms with Crippen molar-refractivity contribution in [3.05, 3.63) is 0 Å². The van der Waals surface area contributed by atoms with E-state index in [1.54, 1.807) is 35.7 Å². The first-order valence-corrected chi connectivity index (χ1v) is 6.87. The van der Waals surface area contributed by atoms with Gasteiger partial charge in [0.2, 0.25) is 5.91 Å². The van der Waals surface area contributed by atoms with Gasteiger partial charge < -0.3 is 24.2 Å². The number of hydrogen-bond acceptors (Lipinski definition) is 4. The fourth-order valence-electron chi connectivity index (χ4n) is 2.65. The number of nitrogens with zero attached hydrogens (tertiary/aromatic N) is 3. The summed E-state index contributed by atoms with van der Waals surface area (Å²) in [5.41, 5.74) is -0.605. The van der Waals surface area contributed by atoms with Crippen molar-refractivity contribution in [2.75, 3.05) is 60.1 Å². The molecule has 1 atom stereocenters. The van der Waals surface area contributed by atoms with E-state index >= 15 is 0 Å². The monoisotopic (exact) mass is 285 g/mol. The van der Waals surface area contributed by atoms with Gasteiger partial charge in [-0.15, -0.1) is 0 Å². The molecule has 0 aromatic heterocycles. The average molecular weight is 285 g/mol. The smallest absolute Gasteiger partial charge is 0.319 e. The maximum absolute atomic E-state index is 12.1. The molecule has 7 heteroatoms. The molecule has 114 valence electrons. The van der Waals surface area contributed by atoms with Crippen molar-refractivity contribution in [1.82, 2.24) is 14.7 Å². The molecule has 0 unspecified atom stereocenters. The predicted molar refractivity (Wildman–Crippen MR) is 72.4 cm³/mol. The van der Waals surface area contributed by atoms with Crippen LogP contribution >= 0.6 is 0 Å². The van der Waals surface area contributed by atoms with Crippen molar-refractivity contribution in [2.45, 2.75) is 12.5 Å². The molecule has 2 aliphatic rings. The van der Waals surface area contributed by atoms with E-state index in [4.69, 9.17) is 9.47 Å². The van der Waals surface area contributed by atoms with Crippen LogP contribution < -0.4 is 0 Å². The first kappa shape index (κ1) is 15.1. The first-order chi connectivity index (χ1) is 9.43. The number of amides is 3. The summed E-state index contributed by atoms with van der Waals surface area (Å²) in [6, 6.07) is -0.0358. The van der Waals surface area contributed by atoms with Crippen LogP contribution in [0.5, 0.6) is 0 Å². The van der Waals surface area contributed by atoms with Crippen LogP contribution in [0.4, 0.5) is 4.79 Å². The standard InChI is InChI=1S/C13H23N3O4/c1-11(17)15-4-6-19-10-13(8-15)9-16(5-7-20-13)12(18)14(2)3/h4-10H2,1-3H3/t13-/m0/s1. The Balaban J connectivity index is 2.11. The summed E-state index contributed by atoms with van der Waals surface area (Å²) in [5.74, 6) is 0.00883. The van der Waals surface area contributed by atoms with E-state index in [-0.39, 0.29) is 11.9 Å². The molecular formula is C13H23N3O4. The SMILES string of the molecule is CC(=O)N1CCOC[C@]2(C1)CN(C(=O)N(C)C)CCO2. The third-order valence-electron chi connectivity index (χ3n) is 3.70. The Bertz CT molecular complexity index is 388. The van der Waals surface area contributed by atoms with Crippen molar-refractivity contribution in [3.8, 4) is 0 Å². The molecule has 2 heterocycles. The van der Waals surface area contributed by atoms with Gasteiger partial charge in [-0.2, -0.15) is 0 Å². The van der Waals surface area contributed by atoms with Gasteiger partial charge in [-0.25, -0.2) is 4.79 Å². The van der Waals surface area contributed by atoms with E-state index in [1.165, 1.54) is 0 Å². The minimum atomic E-state index is -0.605. The fourth-order valence-corrected chi connectivity index (χ4v) is 2.65. The third-order valence-corrected chi connectivity index (χ3v) is 3.70. The molecule has 20 heavy (non-hydrogen) atoms. The number of carbonyl (C=O) groups excluding carboxylic acids is 2. The van der Waals surface area contributed by atoms with Crippen LogP contribution in [0, 0.1) is 0 Å². The Hall–Kier alpha value is -1.34. The van der Waals surface area contributed by atoms with E-state index in [9.17, 15) is 9.59 Å². The van der Waals surface area contributed by atoms with Gasteiger partial charge in [0.15, 0.2) is 0 Å². The molecule has 2 aliphatic heterocycles. The van der Waals surface area contributed by atoms with E-state index in [0.29, 0.717) is 46.0 Å². The van der Waals surface area contributed by atoms with Crippen molar-refractivity contribution in [3.63, 3.8) is 0 Å². The molecule has 3 amide bonds. The van der Waals surface area contributed by atoms with Gasteiger partial charge in [-0.1, -0.05) is 0 Å². The van der Waals surface area contributed by atoms with E-state index in [1.807, 2.05) is 0 Å². The summed E-state index contributed by atoms with van der Waals surface area (Å²) in [7, 11) is 3.46. The molecular weight excluding hydrogens is 262 g/mol. The van der Waals surface area contributed by atoms with Gasteiger partial charge in [-0.05, 0) is 0 Å². The number of ether oxygens (including phenoxy) is 2. The fraction of sp³-hybridized carbons (Fsp3) is 0.846. The lowest BCUT2D eigenvalue weighted by molar-refractivity contribution is -0.145. The Kier molecular flexibility index (Phi) is 4.49. The van der Waals surface area contributed by atoms with Crippen LogP contribution in [0.25, 0.3) is 0 Å². The molecule has 0 aliphatic carbocycles. The van der Waals surface area contributed by atoms with Crippen LogP contribution in [0.2, 0.25) is 0 Å². The molecule has 1 spiro atoms. The van der Waals surface area contributed by atoms with Crippen molar-refractivity contribution in [1.29, 1.82) is 0 Å². The number of rotatable bonds is 0. The minimum Gasteiger partial charge on any atom is -0.376 e. The van der Waals surface area contributed by atoms with Gasteiger partial charge in [0.05, 0.1) is 32.9 Å². The Labute approximate surface area is 119 Å². The lowest BCUT2D eigenvalue weighted by atomic mass is 10.0. The van der Waals surface area contributed by atoms with Crippen molar-refractivity contribution >= 4 is 11.9 Å². The van der Waals surface area contributed by atoms with Crippen LogP contribution in [0.3, 0.4) is 0 Å². The van der Waals surface area contributed by atoms with E-state index in [0.717, 1.165) is 0 Å². The Morgan fingerprint density at radius 3 is 2.40 bits per heavy atom. The maximum Gasteiger partial charge on any atom is 0.319 e. The van der Waals surface area contributed by atoms with Crippen LogP contribution in [-0.4, -0.2) is 92.3 Å². The average Bonchev–Trinajstić information content (AvgIpc) is 2.61. The summed E-state index contributed by atoms with van der Waals surface area (Å²) in [6.45, 7) is 4.99. The molecule has 2 rings (SSSR count). The highest BCUT2D eigenvalue weighted by atomic mass is 16.5. The predicted octanol–water partition coefficient (Wildman–Crippen LogP) is -0.382. The largest absolute Gasteiger partial charge is 0.376 e. The number of morpholine rings is 1. The van der Waals surface area contributed by atoms with Crippen molar-refractivity contribution < 1.29 is 19.1 Å². The topological polar surface area (TPSA) is 62.3 Å². The van der Waals surface area contributed by atoms with Crippen LogP contribution in [0.15, 0.2) is 0 Å². The van der Waals surface area contributed by atoms with Crippen LogP contribution in [0.1, 0.15) is 6.92 Å². The molecule has 2 fully saturated rings. The molecule has 0 bridgehead atoms. The van der Waals surface area contributed by atoms with Gasteiger partial charge in [0.1, 0.15) is 5.60 Å². The quantitative estimate of drug-likeness (QED) is 0.608. The zero-order valence-corrected chi connectivity index (χ0v) is 12.4. The molecule has 0 radical (unpaired) electrons. The lowest BCUT2D eigenvalue weighted by Gasteiger charge is -2.43. The Morgan fingerprint density at radius 2 is 1.75 bits per heavy atom. The normalized spacial score (nSPS) is 27.4. The molecule has 0 aromatic rings. The summed E-state index contributed by atoms with van der Waals surface area (Å²) >= 11 is 0. The molecule has 2 saturated heterocycles. The summed E-state index contributed by atoms with van der Waals surface area (Å²) in [6.07, 6.45) is 0. The summed E-state index contributed by atoms with van der Waals surface area (Å²) in [4.78, 5) is 28.8. The van der Waals surface area contributed by atoms with E-state index < -0.39 is 5.60 Å². The molecule has 0 aromatic carbocycles. The number of urea groups is 1. The van der Waals surface area contributed by atoms with Gasteiger partial charge in [0.25, 0.3) is 0 Å². The zero-order chi connectivity index (χ0) is 14.8. The molecule has 7 nitrogen and oxygen atoms in total. The highest BCUT2D eigenvalue weighted by Gasteiger charge is 2.42. The van der Waals surface area contributed by atoms with Gasteiger partial charge >= 0.3 is 6.03 Å². The van der Waals surface area contributed by atoms with Gasteiger partial charge in [0, 0.05) is 34.1 Å². The molecule has 0 saturated carbocycles. The molecule has 0 N–H and O–H groups in total. The third kappa shape index (κ3) is 3.21. The lowest BCUT2D eigenvalue weighted by Crippen LogP contribution is -2.61. The summed E-state index contributed by atoms with van der Waals surface area (Å²) in [5, 5.41) is 0. The second-order valence-electron chi connectivity index (χ2n) is 5.62. The minimum absolute atomic E-state index is 0.00883. The maximum atomic E-state index is 12.1. The second kappa shape index (κ2) is 5.97. The summed E-state index contributed by atoms with van der Waals surface area (Å²) < 4.78 is 11.5. The second-order valence-corrected chi connectivity index (χ2v) is 5.62. The number of carbonyl (C=O) groups is 2. The van der Waals surface area contributed by atoms with Gasteiger partial charge in [-0.3, -0.25) is 4.79 Å². The van der Waals surface area contributed by atoms with E-state index in [2.05, 4.69) is 0 Å².